The largest absolute Gasteiger partial charge is 0.411 e. The van der Waals surface area contributed by atoms with Crippen LogP contribution in [0.25, 0.3) is 0 Å². The summed E-state index contributed by atoms with van der Waals surface area (Å²) in [5.41, 5.74) is 1.85. The van der Waals surface area contributed by atoms with E-state index in [1.807, 2.05) is 66.7 Å². The minimum atomic E-state index is -0.474. The van der Waals surface area contributed by atoms with Crippen molar-refractivity contribution in [2.24, 2.45) is 5.16 Å². The molecule has 0 aliphatic heterocycles. The van der Waals surface area contributed by atoms with Crippen LogP contribution in [0.15, 0.2) is 78.0 Å². The molecule has 21 heavy (non-hydrogen) atoms. The summed E-state index contributed by atoms with van der Waals surface area (Å²) in [4.78, 5) is 11.8. The Labute approximate surface area is 123 Å². The molecule has 0 radical (unpaired) electrons. The molecule has 0 fully saturated rings. The van der Waals surface area contributed by atoms with Crippen molar-refractivity contribution in [3.05, 3.63) is 83.9 Å². The third-order valence-corrected chi connectivity index (χ3v) is 3.95. The van der Waals surface area contributed by atoms with E-state index in [9.17, 15) is 4.79 Å². The Bertz CT molecular complexity index is 663. The number of benzene rings is 2. The first-order valence-corrected chi connectivity index (χ1v) is 6.82. The summed E-state index contributed by atoms with van der Waals surface area (Å²) in [5.74, 6) is -0.236. The van der Waals surface area contributed by atoms with Crippen LogP contribution in [-0.4, -0.2) is 16.7 Å². The van der Waals surface area contributed by atoms with E-state index in [1.165, 1.54) is 6.08 Å². The van der Waals surface area contributed by atoms with E-state index in [2.05, 4.69) is 5.16 Å². The molecule has 0 saturated carbocycles. The average molecular weight is 277 g/mol. The molecule has 0 bridgehead atoms. The van der Waals surface area contributed by atoms with Gasteiger partial charge in [-0.25, -0.2) is 0 Å². The summed E-state index contributed by atoms with van der Waals surface area (Å²) in [6, 6.07) is 19.9. The van der Waals surface area contributed by atoms with Gasteiger partial charge in [-0.05, 0) is 17.2 Å². The van der Waals surface area contributed by atoms with Crippen LogP contribution >= 0.6 is 0 Å². The minimum Gasteiger partial charge on any atom is -0.411 e. The van der Waals surface area contributed by atoms with Gasteiger partial charge in [0.1, 0.15) is 5.71 Å². The maximum Gasteiger partial charge on any atom is 0.203 e. The Kier molecular flexibility index (Phi) is 3.40. The van der Waals surface area contributed by atoms with Crippen molar-refractivity contribution in [2.45, 2.75) is 11.8 Å². The lowest BCUT2D eigenvalue weighted by atomic mass is 9.68. The van der Waals surface area contributed by atoms with E-state index in [4.69, 9.17) is 5.21 Å². The zero-order chi connectivity index (χ0) is 14.7. The number of carbonyl (C=O) groups is 1. The average Bonchev–Trinajstić information content (AvgIpc) is 2.57. The minimum absolute atomic E-state index is 0.185. The highest BCUT2D eigenvalue weighted by molar-refractivity contribution is 6.45. The van der Waals surface area contributed by atoms with E-state index in [0.717, 1.165) is 11.1 Å². The zero-order valence-corrected chi connectivity index (χ0v) is 11.4. The van der Waals surface area contributed by atoms with Crippen LogP contribution < -0.4 is 0 Å². The molecule has 0 amide bonds. The van der Waals surface area contributed by atoms with Gasteiger partial charge < -0.3 is 5.21 Å². The topological polar surface area (TPSA) is 49.7 Å². The summed E-state index contributed by atoms with van der Waals surface area (Å²) in [6.07, 6.45) is 3.76. The predicted octanol–water partition coefficient (Wildman–Crippen LogP) is 3.33. The first-order chi connectivity index (χ1) is 10.3. The van der Waals surface area contributed by atoms with Crippen LogP contribution in [0.5, 0.6) is 0 Å². The van der Waals surface area contributed by atoms with Crippen LogP contribution in [0.4, 0.5) is 0 Å². The van der Waals surface area contributed by atoms with Crippen molar-refractivity contribution in [1.29, 1.82) is 0 Å². The molecule has 3 rings (SSSR count). The monoisotopic (exact) mass is 277 g/mol. The first kappa shape index (κ1) is 13.3. The standard InChI is InChI=1S/C18H15NO2/c20-17-11-12-18(13-16(17)19-21,14-7-3-1-4-8-14)15-9-5-2-6-10-15/h1-12,21H,13H2. The highest BCUT2D eigenvalue weighted by Gasteiger charge is 2.37. The number of carbonyl (C=O) groups excluding carboxylic acids is 1. The SMILES string of the molecule is O=C1C=CC(c2ccccc2)(c2ccccc2)CC1=NO. The van der Waals surface area contributed by atoms with Crippen LogP contribution in [0, 0.1) is 0 Å². The number of hydrogen-bond acceptors (Lipinski definition) is 3. The Balaban J connectivity index is 2.22. The molecule has 0 saturated heterocycles. The molecular weight excluding hydrogens is 262 g/mol. The van der Waals surface area contributed by atoms with Gasteiger partial charge in [0.2, 0.25) is 5.78 Å². The van der Waals surface area contributed by atoms with Gasteiger partial charge in [0, 0.05) is 11.8 Å². The third kappa shape index (κ3) is 2.27. The lowest BCUT2D eigenvalue weighted by Crippen LogP contribution is -2.35. The zero-order valence-electron chi connectivity index (χ0n) is 11.4. The molecule has 0 aromatic heterocycles. The second kappa shape index (κ2) is 5.37. The molecule has 2 aromatic carbocycles. The molecule has 1 N–H and O–H groups in total. The third-order valence-electron chi connectivity index (χ3n) is 3.95. The number of allylic oxidation sites excluding steroid dienone is 2. The van der Waals surface area contributed by atoms with Gasteiger partial charge in [-0.15, -0.1) is 0 Å². The molecule has 2 aromatic rings. The van der Waals surface area contributed by atoms with Crippen molar-refractivity contribution < 1.29 is 10.0 Å². The van der Waals surface area contributed by atoms with Gasteiger partial charge in [-0.1, -0.05) is 71.9 Å². The fourth-order valence-corrected chi connectivity index (χ4v) is 2.84. The van der Waals surface area contributed by atoms with Crippen molar-refractivity contribution in [3.8, 4) is 0 Å². The van der Waals surface area contributed by atoms with E-state index < -0.39 is 5.41 Å². The van der Waals surface area contributed by atoms with Crippen LogP contribution in [0.3, 0.4) is 0 Å². The van der Waals surface area contributed by atoms with Crippen molar-refractivity contribution in [2.75, 3.05) is 0 Å². The number of hydrogen-bond donors (Lipinski definition) is 1. The second-order valence-corrected chi connectivity index (χ2v) is 5.12. The van der Waals surface area contributed by atoms with Gasteiger partial charge in [0.25, 0.3) is 0 Å². The van der Waals surface area contributed by atoms with E-state index in [-0.39, 0.29) is 11.5 Å². The maximum atomic E-state index is 11.8. The van der Waals surface area contributed by atoms with Crippen LogP contribution in [0.1, 0.15) is 17.5 Å². The molecule has 3 heteroatoms. The number of rotatable bonds is 2. The first-order valence-electron chi connectivity index (χ1n) is 6.82. The fraction of sp³-hybridized carbons (Fsp3) is 0.111. The van der Waals surface area contributed by atoms with Gasteiger partial charge in [-0.3, -0.25) is 4.79 Å². The van der Waals surface area contributed by atoms with Gasteiger partial charge in [-0.2, -0.15) is 0 Å². The molecule has 3 nitrogen and oxygen atoms in total. The molecule has 0 heterocycles. The summed E-state index contributed by atoms with van der Waals surface area (Å²) in [7, 11) is 0. The second-order valence-electron chi connectivity index (χ2n) is 5.12. The number of ketones is 1. The molecule has 104 valence electrons. The number of nitrogens with zero attached hydrogens (tertiary/aromatic N) is 1. The Morgan fingerprint density at radius 2 is 1.43 bits per heavy atom. The molecular formula is C18H15NO2. The Morgan fingerprint density at radius 3 is 1.90 bits per heavy atom. The maximum absolute atomic E-state index is 11.8. The Morgan fingerprint density at radius 1 is 0.905 bits per heavy atom. The smallest absolute Gasteiger partial charge is 0.203 e. The lowest BCUT2D eigenvalue weighted by Gasteiger charge is -2.34. The van der Waals surface area contributed by atoms with E-state index >= 15 is 0 Å². The quantitative estimate of drug-likeness (QED) is 0.676. The van der Waals surface area contributed by atoms with Gasteiger partial charge >= 0.3 is 0 Å². The fourth-order valence-electron chi connectivity index (χ4n) is 2.84. The molecule has 0 spiro atoms. The molecule has 0 unspecified atom stereocenters. The van der Waals surface area contributed by atoms with Crippen molar-refractivity contribution >= 4 is 11.5 Å². The summed E-state index contributed by atoms with van der Waals surface area (Å²) < 4.78 is 0. The summed E-state index contributed by atoms with van der Waals surface area (Å²) >= 11 is 0. The van der Waals surface area contributed by atoms with Crippen molar-refractivity contribution in [3.63, 3.8) is 0 Å². The number of oxime groups is 1. The highest BCUT2D eigenvalue weighted by atomic mass is 16.4. The predicted molar refractivity (Wildman–Crippen MR) is 81.6 cm³/mol. The Hall–Kier alpha value is -2.68. The summed E-state index contributed by atoms with van der Waals surface area (Å²) in [6.45, 7) is 0. The lowest BCUT2D eigenvalue weighted by molar-refractivity contribution is -0.109. The molecule has 1 aliphatic rings. The van der Waals surface area contributed by atoms with E-state index in [0.29, 0.717) is 6.42 Å². The highest BCUT2D eigenvalue weighted by Crippen LogP contribution is 2.39. The van der Waals surface area contributed by atoms with Crippen LogP contribution in [0.2, 0.25) is 0 Å². The normalized spacial score (nSPS) is 18.9. The van der Waals surface area contributed by atoms with Gasteiger partial charge in [0.15, 0.2) is 0 Å². The molecule has 0 atom stereocenters. The molecule has 1 aliphatic carbocycles. The van der Waals surface area contributed by atoms with Crippen LogP contribution in [-0.2, 0) is 10.2 Å². The van der Waals surface area contributed by atoms with E-state index in [1.54, 1.807) is 0 Å². The van der Waals surface area contributed by atoms with Gasteiger partial charge in [0.05, 0.1) is 0 Å². The van der Waals surface area contributed by atoms with Crippen molar-refractivity contribution in [1.82, 2.24) is 0 Å². The summed E-state index contributed by atoms with van der Waals surface area (Å²) in [5, 5.41) is 12.3.